The van der Waals surface area contributed by atoms with Crippen LogP contribution >= 0.6 is 11.6 Å². The summed E-state index contributed by atoms with van der Waals surface area (Å²) in [6.07, 6.45) is 1.07. The fraction of sp³-hybridized carbons (Fsp3) is 0.0588. The molecule has 0 saturated carbocycles. The summed E-state index contributed by atoms with van der Waals surface area (Å²) < 4.78 is 9.99. The number of ether oxygens (including phenoxy) is 2. The number of carbonyl (C=O) groups excluding carboxylic acids is 2. The predicted molar refractivity (Wildman–Crippen MR) is 83.8 cm³/mol. The fourth-order valence-corrected chi connectivity index (χ4v) is 1.88. The van der Waals surface area contributed by atoms with E-state index in [0.717, 1.165) is 17.2 Å². The smallest absolute Gasteiger partial charge is 0.333 e. The van der Waals surface area contributed by atoms with Gasteiger partial charge in [-0.1, -0.05) is 30.8 Å². The molecule has 0 aromatic heterocycles. The van der Waals surface area contributed by atoms with Gasteiger partial charge < -0.3 is 9.47 Å². The summed E-state index contributed by atoms with van der Waals surface area (Å²) in [5, 5.41) is -0.482. The van der Waals surface area contributed by atoms with Crippen molar-refractivity contribution in [1.82, 2.24) is 0 Å². The van der Waals surface area contributed by atoms with Gasteiger partial charge in [-0.05, 0) is 47.0 Å². The van der Waals surface area contributed by atoms with Gasteiger partial charge in [-0.25, -0.2) is 4.79 Å². The average molecular weight is 317 g/mol. The summed E-state index contributed by atoms with van der Waals surface area (Å²) in [5.41, 5.74) is 2.37. The normalized spacial score (nSPS) is 9.86. The molecule has 0 amide bonds. The van der Waals surface area contributed by atoms with Gasteiger partial charge in [0, 0.05) is 11.6 Å². The Morgan fingerprint density at radius 2 is 1.55 bits per heavy atom. The first kappa shape index (κ1) is 15.8. The monoisotopic (exact) mass is 316 g/mol. The highest BCUT2D eigenvalue weighted by molar-refractivity contribution is 6.67. The van der Waals surface area contributed by atoms with E-state index in [1.54, 1.807) is 24.3 Å². The summed E-state index contributed by atoms with van der Waals surface area (Å²) in [6.45, 7) is 3.12. The van der Waals surface area contributed by atoms with E-state index in [1.165, 1.54) is 0 Å². The number of carbonyl (C=O) groups is 2. The van der Waals surface area contributed by atoms with Crippen LogP contribution in [-0.2, 0) is 9.53 Å². The average Bonchev–Trinajstić information content (AvgIpc) is 2.55. The first-order chi connectivity index (χ1) is 10.6. The molecule has 0 heterocycles. The maximum atomic E-state index is 11.0. The van der Waals surface area contributed by atoms with E-state index in [-0.39, 0.29) is 6.79 Å². The molecule has 2 aromatic carbocycles. The highest BCUT2D eigenvalue weighted by Crippen LogP contribution is 2.23. The summed E-state index contributed by atoms with van der Waals surface area (Å²) >= 11 is 5.41. The van der Waals surface area contributed by atoms with E-state index in [2.05, 4.69) is 6.58 Å². The Labute approximate surface area is 132 Å². The molecule has 22 heavy (non-hydrogen) atoms. The third-order valence-electron chi connectivity index (χ3n) is 2.89. The van der Waals surface area contributed by atoms with Crippen molar-refractivity contribution in [2.24, 2.45) is 0 Å². The minimum absolute atomic E-state index is 0.170. The number of rotatable bonds is 6. The van der Waals surface area contributed by atoms with E-state index in [4.69, 9.17) is 21.1 Å². The van der Waals surface area contributed by atoms with Crippen LogP contribution in [0.3, 0.4) is 0 Å². The summed E-state index contributed by atoms with van der Waals surface area (Å²) in [5.74, 6) is 0.0405. The maximum absolute atomic E-state index is 11.0. The van der Waals surface area contributed by atoms with Crippen LogP contribution in [0.25, 0.3) is 11.1 Å². The standard InChI is InChI=1S/C17H13ClO4/c1-2-16(19)22-11-21-15-9-7-13(8-10-15)12-3-5-14(6-4-12)17(18)20/h2-10H,1,11H2. The SMILES string of the molecule is C=CC(=O)OCOc1ccc(-c2ccc(C(=O)Cl)cc2)cc1. The fourth-order valence-electron chi connectivity index (χ4n) is 1.75. The minimum Gasteiger partial charge on any atom is -0.457 e. The van der Waals surface area contributed by atoms with Crippen LogP contribution in [0.5, 0.6) is 5.75 Å². The van der Waals surface area contributed by atoms with Crippen molar-refractivity contribution in [3.8, 4) is 16.9 Å². The van der Waals surface area contributed by atoms with Crippen molar-refractivity contribution < 1.29 is 19.1 Å². The van der Waals surface area contributed by atoms with Crippen LogP contribution in [0.15, 0.2) is 61.2 Å². The van der Waals surface area contributed by atoms with Crippen LogP contribution in [0.2, 0.25) is 0 Å². The van der Waals surface area contributed by atoms with Gasteiger partial charge in [-0.2, -0.15) is 0 Å². The molecular weight excluding hydrogens is 304 g/mol. The Balaban J connectivity index is 2.00. The Morgan fingerprint density at radius 1 is 1.00 bits per heavy atom. The molecule has 0 saturated heterocycles. The van der Waals surface area contributed by atoms with Crippen LogP contribution in [0.4, 0.5) is 0 Å². The molecule has 112 valence electrons. The minimum atomic E-state index is -0.537. The molecule has 0 unspecified atom stereocenters. The van der Waals surface area contributed by atoms with Crippen molar-refractivity contribution in [1.29, 1.82) is 0 Å². The lowest BCUT2D eigenvalue weighted by molar-refractivity contribution is -0.144. The van der Waals surface area contributed by atoms with Crippen LogP contribution < -0.4 is 4.74 Å². The Bertz CT molecular complexity index is 675. The summed E-state index contributed by atoms with van der Waals surface area (Å²) in [4.78, 5) is 21.9. The molecule has 0 spiro atoms. The molecule has 0 atom stereocenters. The lowest BCUT2D eigenvalue weighted by atomic mass is 10.0. The maximum Gasteiger partial charge on any atom is 0.333 e. The Kier molecular flexibility index (Phi) is 5.33. The second-order valence-corrected chi connectivity index (χ2v) is 4.65. The van der Waals surface area contributed by atoms with Gasteiger partial charge >= 0.3 is 5.97 Å². The predicted octanol–water partition coefficient (Wildman–Crippen LogP) is 3.80. The van der Waals surface area contributed by atoms with Gasteiger partial charge in [0.15, 0.2) is 0 Å². The van der Waals surface area contributed by atoms with Crippen molar-refractivity contribution in [2.75, 3.05) is 6.79 Å². The third kappa shape index (κ3) is 4.20. The lowest BCUT2D eigenvalue weighted by Crippen LogP contribution is -2.07. The quantitative estimate of drug-likeness (QED) is 0.352. The van der Waals surface area contributed by atoms with Crippen molar-refractivity contribution in [3.63, 3.8) is 0 Å². The zero-order valence-electron chi connectivity index (χ0n) is 11.6. The Morgan fingerprint density at radius 3 is 2.05 bits per heavy atom. The van der Waals surface area contributed by atoms with E-state index in [1.807, 2.05) is 24.3 Å². The lowest BCUT2D eigenvalue weighted by Gasteiger charge is -2.07. The number of hydrogen-bond donors (Lipinski definition) is 0. The molecule has 0 fully saturated rings. The Hall–Kier alpha value is -2.59. The molecule has 0 aliphatic rings. The summed E-state index contributed by atoms with van der Waals surface area (Å²) in [6, 6.07) is 14.2. The number of hydrogen-bond acceptors (Lipinski definition) is 4. The second-order valence-electron chi connectivity index (χ2n) is 4.31. The van der Waals surface area contributed by atoms with Gasteiger partial charge in [0.25, 0.3) is 5.24 Å². The van der Waals surface area contributed by atoms with E-state index >= 15 is 0 Å². The molecule has 4 nitrogen and oxygen atoms in total. The van der Waals surface area contributed by atoms with Gasteiger partial charge in [0.2, 0.25) is 6.79 Å². The molecule has 2 aromatic rings. The van der Waals surface area contributed by atoms with E-state index in [9.17, 15) is 9.59 Å². The highest BCUT2D eigenvalue weighted by atomic mass is 35.5. The molecule has 0 N–H and O–H groups in total. The molecular formula is C17H13ClO4. The largest absolute Gasteiger partial charge is 0.457 e. The molecule has 0 aliphatic carbocycles. The van der Waals surface area contributed by atoms with Gasteiger partial charge in [0.05, 0.1) is 0 Å². The van der Waals surface area contributed by atoms with Crippen LogP contribution in [-0.4, -0.2) is 18.0 Å². The van der Waals surface area contributed by atoms with Gasteiger partial charge in [-0.15, -0.1) is 0 Å². The number of halogens is 1. The zero-order chi connectivity index (χ0) is 15.9. The topological polar surface area (TPSA) is 52.6 Å². The first-order valence-electron chi connectivity index (χ1n) is 6.42. The van der Waals surface area contributed by atoms with Crippen LogP contribution in [0.1, 0.15) is 10.4 Å². The van der Waals surface area contributed by atoms with Crippen molar-refractivity contribution in [3.05, 3.63) is 66.7 Å². The first-order valence-corrected chi connectivity index (χ1v) is 6.80. The van der Waals surface area contributed by atoms with Crippen LogP contribution in [0, 0.1) is 0 Å². The summed E-state index contributed by atoms with van der Waals surface area (Å²) in [7, 11) is 0. The molecule has 0 bridgehead atoms. The van der Waals surface area contributed by atoms with Crippen molar-refractivity contribution in [2.45, 2.75) is 0 Å². The molecule has 0 aliphatic heterocycles. The zero-order valence-corrected chi connectivity index (χ0v) is 12.4. The molecule has 2 rings (SSSR count). The second kappa shape index (κ2) is 7.43. The van der Waals surface area contributed by atoms with Gasteiger partial charge in [0.1, 0.15) is 5.75 Å². The van der Waals surface area contributed by atoms with E-state index < -0.39 is 11.2 Å². The molecule has 0 radical (unpaired) electrons. The molecule has 5 heteroatoms. The van der Waals surface area contributed by atoms with Gasteiger partial charge in [-0.3, -0.25) is 4.79 Å². The number of esters is 1. The van der Waals surface area contributed by atoms with Crippen molar-refractivity contribution >= 4 is 22.8 Å². The van der Waals surface area contributed by atoms with E-state index in [0.29, 0.717) is 11.3 Å². The third-order valence-corrected chi connectivity index (χ3v) is 3.11. The highest BCUT2D eigenvalue weighted by Gasteiger charge is 2.03. The number of benzene rings is 2.